The number of aromatic nitrogens is 1. The number of benzene rings is 1. The third-order valence-electron chi connectivity index (χ3n) is 4.72. The number of fused-ring (bicyclic) bond motifs is 1. The molecule has 0 spiro atoms. The van der Waals surface area contributed by atoms with Gasteiger partial charge in [-0.1, -0.05) is 44.0 Å². The van der Waals surface area contributed by atoms with Gasteiger partial charge in [-0.3, -0.25) is 0 Å². The molecule has 124 valence electrons. The van der Waals surface area contributed by atoms with Crippen molar-refractivity contribution in [3.63, 3.8) is 0 Å². The zero-order chi connectivity index (χ0) is 17.4. The van der Waals surface area contributed by atoms with Gasteiger partial charge in [-0.05, 0) is 37.5 Å². The molecule has 0 amide bonds. The molecule has 1 atom stereocenters. The molecule has 2 aromatic rings. The van der Waals surface area contributed by atoms with Crippen molar-refractivity contribution in [1.82, 2.24) is 4.98 Å². The topological polar surface area (TPSA) is 42.4 Å². The van der Waals surface area contributed by atoms with Crippen molar-refractivity contribution >= 4 is 0 Å². The van der Waals surface area contributed by atoms with E-state index >= 15 is 0 Å². The second-order valence-electron chi connectivity index (χ2n) is 7.34. The summed E-state index contributed by atoms with van der Waals surface area (Å²) in [6.07, 6.45) is 1.66. The van der Waals surface area contributed by atoms with Crippen molar-refractivity contribution in [3.8, 4) is 17.6 Å². The Morgan fingerprint density at radius 3 is 2.54 bits per heavy atom. The molecular formula is C21H23NO2. The van der Waals surface area contributed by atoms with Crippen molar-refractivity contribution < 1.29 is 9.84 Å². The molecule has 1 aromatic carbocycles. The van der Waals surface area contributed by atoms with E-state index in [0.29, 0.717) is 5.69 Å². The maximum atomic E-state index is 9.10. The highest BCUT2D eigenvalue weighted by Crippen LogP contribution is 2.48. The van der Waals surface area contributed by atoms with Crippen molar-refractivity contribution in [2.45, 2.75) is 45.3 Å². The molecule has 3 heteroatoms. The lowest BCUT2D eigenvalue weighted by Gasteiger charge is -2.47. The molecule has 3 nitrogen and oxygen atoms in total. The molecule has 24 heavy (non-hydrogen) atoms. The van der Waals surface area contributed by atoms with Crippen molar-refractivity contribution in [2.24, 2.45) is 5.92 Å². The average Bonchev–Trinajstić information content (AvgIpc) is 2.54. The van der Waals surface area contributed by atoms with E-state index in [1.807, 2.05) is 30.3 Å². The number of nitrogens with zero attached hydrogens (tertiary/aromatic N) is 1. The first-order valence-electron chi connectivity index (χ1n) is 8.20. The third-order valence-corrected chi connectivity index (χ3v) is 4.72. The highest BCUT2D eigenvalue weighted by molar-refractivity contribution is 5.45. The number of aliphatic hydroxyl groups is 1. The molecule has 0 aliphatic carbocycles. The van der Waals surface area contributed by atoms with E-state index in [4.69, 9.17) is 9.84 Å². The third kappa shape index (κ3) is 2.90. The molecule has 1 unspecified atom stereocenters. The molecule has 1 aromatic heterocycles. The van der Waals surface area contributed by atoms with Crippen LogP contribution in [0.5, 0.6) is 5.75 Å². The molecule has 0 radical (unpaired) electrons. The zero-order valence-corrected chi connectivity index (χ0v) is 14.6. The average molecular weight is 321 g/mol. The summed E-state index contributed by atoms with van der Waals surface area (Å²) >= 11 is 0. The van der Waals surface area contributed by atoms with Gasteiger partial charge in [0, 0.05) is 17.2 Å². The minimum Gasteiger partial charge on any atom is -0.486 e. The fourth-order valence-corrected chi connectivity index (χ4v) is 3.55. The first-order valence-corrected chi connectivity index (χ1v) is 8.20. The molecule has 3 rings (SSSR count). The lowest BCUT2D eigenvalue weighted by atomic mass is 9.65. The summed E-state index contributed by atoms with van der Waals surface area (Å²) in [6.45, 7) is 8.61. The molecule has 0 fully saturated rings. The number of pyridine rings is 1. The van der Waals surface area contributed by atoms with E-state index in [1.54, 1.807) is 6.20 Å². The van der Waals surface area contributed by atoms with E-state index < -0.39 is 5.60 Å². The van der Waals surface area contributed by atoms with Crippen LogP contribution >= 0.6 is 0 Å². The van der Waals surface area contributed by atoms with Gasteiger partial charge in [0.1, 0.15) is 17.0 Å². The van der Waals surface area contributed by atoms with Crippen LogP contribution in [0.25, 0.3) is 0 Å². The molecule has 0 saturated carbocycles. The van der Waals surface area contributed by atoms with Crippen LogP contribution in [-0.4, -0.2) is 15.7 Å². The van der Waals surface area contributed by atoms with Crippen LogP contribution in [0, 0.1) is 17.8 Å². The van der Waals surface area contributed by atoms with Gasteiger partial charge in [-0.2, -0.15) is 0 Å². The number of hydrogen-bond acceptors (Lipinski definition) is 3. The first-order chi connectivity index (χ1) is 11.3. The zero-order valence-electron chi connectivity index (χ0n) is 14.6. The van der Waals surface area contributed by atoms with Crippen molar-refractivity contribution in [1.29, 1.82) is 0 Å². The van der Waals surface area contributed by atoms with Crippen LogP contribution in [0.4, 0.5) is 0 Å². The Labute approximate surface area is 143 Å². The van der Waals surface area contributed by atoms with Crippen LogP contribution in [0.3, 0.4) is 0 Å². The summed E-state index contributed by atoms with van der Waals surface area (Å²) in [5.41, 5.74) is 2.16. The predicted molar refractivity (Wildman–Crippen MR) is 94.7 cm³/mol. The van der Waals surface area contributed by atoms with E-state index in [9.17, 15) is 0 Å². The summed E-state index contributed by atoms with van der Waals surface area (Å²) in [5, 5.41) is 9.10. The van der Waals surface area contributed by atoms with Crippen molar-refractivity contribution in [2.75, 3.05) is 0 Å². The number of ether oxygens (including phenoxy) is 1. The molecule has 1 N–H and O–H groups in total. The van der Waals surface area contributed by atoms with Crippen LogP contribution in [0.1, 0.15) is 44.5 Å². The highest BCUT2D eigenvalue weighted by Gasteiger charge is 2.47. The second-order valence-corrected chi connectivity index (χ2v) is 7.34. The summed E-state index contributed by atoms with van der Waals surface area (Å²) in [6, 6.07) is 11.9. The maximum Gasteiger partial charge on any atom is 0.123 e. The van der Waals surface area contributed by atoms with Gasteiger partial charge >= 0.3 is 0 Å². The van der Waals surface area contributed by atoms with Gasteiger partial charge in [0.25, 0.3) is 0 Å². The maximum absolute atomic E-state index is 9.10. The fraction of sp³-hybridized carbons (Fsp3) is 0.381. The second kappa shape index (κ2) is 5.96. The van der Waals surface area contributed by atoms with Gasteiger partial charge in [0.05, 0.1) is 12.5 Å². The van der Waals surface area contributed by atoms with E-state index in [1.165, 1.54) is 5.56 Å². The monoisotopic (exact) mass is 321 g/mol. The predicted octanol–water partition coefficient (Wildman–Crippen LogP) is 3.69. The largest absolute Gasteiger partial charge is 0.486 e. The summed E-state index contributed by atoms with van der Waals surface area (Å²) < 4.78 is 6.24. The Bertz CT molecular complexity index is 795. The SMILES string of the molecule is CC1(C)Oc2ccccc2C(C)(C)C1C#Cc1ccc(CO)cn1. The summed E-state index contributed by atoms with van der Waals surface area (Å²) in [5.74, 6) is 7.55. The molecule has 2 heterocycles. The Morgan fingerprint density at radius 2 is 1.88 bits per heavy atom. The molecule has 1 aliphatic heterocycles. The highest BCUT2D eigenvalue weighted by atomic mass is 16.5. The standard InChI is InChI=1S/C21H23NO2/c1-20(2)17-7-5-6-8-18(17)24-21(3,4)19(20)12-11-16-10-9-15(14-23)13-22-16/h5-10,13,19,23H,14H2,1-4H3. The lowest BCUT2D eigenvalue weighted by molar-refractivity contribution is 0.0148. The Hall–Kier alpha value is -2.31. The normalized spacial score (nSPS) is 20.3. The molecule has 1 aliphatic rings. The van der Waals surface area contributed by atoms with E-state index in [-0.39, 0.29) is 17.9 Å². The van der Waals surface area contributed by atoms with Gasteiger partial charge in [-0.25, -0.2) is 4.98 Å². The number of aliphatic hydroxyl groups excluding tert-OH is 1. The molecular weight excluding hydrogens is 298 g/mol. The van der Waals surface area contributed by atoms with Crippen LogP contribution < -0.4 is 4.74 Å². The number of para-hydroxylation sites is 1. The quantitative estimate of drug-likeness (QED) is 0.815. The van der Waals surface area contributed by atoms with Gasteiger partial charge in [0.2, 0.25) is 0 Å². The summed E-state index contributed by atoms with van der Waals surface area (Å²) in [7, 11) is 0. The van der Waals surface area contributed by atoms with Crippen LogP contribution in [0.2, 0.25) is 0 Å². The summed E-state index contributed by atoms with van der Waals surface area (Å²) in [4.78, 5) is 4.30. The van der Waals surface area contributed by atoms with Gasteiger partial charge in [0.15, 0.2) is 0 Å². The Balaban J connectivity index is 1.99. The molecule has 0 bridgehead atoms. The van der Waals surface area contributed by atoms with Crippen molar-refractivity contribution in [3.05, 3.63) is 59.4 Å². The lowest BCUT2D eigenvalue weighted by Crippen LogP contribution is -2.50. The molecule has 0 saturated heterocycles. The first kappa shape index (κ1) is 16.5. The smallest absolute Gasteiger partial charge is 0.123 e. The van der Waals surface area contributed by atoms with Gasteiger partial charge < -0.3 is 9.84 Å². The number of hydrogen-bond donors (Lipinski definition) is 1. The fourth-order valence-electron chi connectivity index (χ4n) is 3.55. The Morgan fingerprint density at radius 1 is 1.12 bits per heavy atom. The van der Waals surface area contributed by atoms with Crippen LogP contribution in [0.15, 0.2) is 42.6 Å². The minimum absolute atomic E-state index is 0.00593. The van der Waals surface area contributed by atoms with E-state index in [2.05, 4.69) is 50.6 Å². The van der Waals surface area contributed by atoms with E-state index in [0.717, 1.165) is 11.3 Å². The number of rotatable bonds is 1. The Kier molecular flexibility index (Phi) is 4.11. The van der Waals surface area contributed by atoms with Crippen LogP contribution in [-0.2, 0) is 12.0 Å². The van der Waals surface area contributed by atoms with Gasteiger partial charge in [-0.15, -0.1) is 0 Å². The minimum atomic E-state index is -0.393.